The van der Waals surface area contributed by atoms with Gasteiger partial charge in [-0.2, -0.15) is 0 Å². The molecule has 0 radical (unpaired) electrons. The van der Waals surface area contributed by atoms with Crippen LogP contribution < -0.4 is 4.72 Å². The molecule has 2 N–H and O–H groups in total. The molecule has 0 unspecified atom stereocenters. The number of rotatable bonds is 7. The Morgan fingerprint density at radius 2 is 1.87 bits per heavy atom. The molecule has 1 heterocycles. The Bertz CT molecular complexity index is 726. The van der Waals surface area contributed by atoms with Gasteiger partial charge in [0.05, 0.1) is 19.0 Å². The molecular weight excluding hydrogens is 314 g/mol. The summed E-state index contributed by atoms with van der Waals surface area (Å²) in [5.74, 6) is -0.164. The lowest BCUT2D eigenvalue weighted by Crippen LogP contribution is -2.41. The Morgan fingerprint density at radius 1 is 1.22 bits per heavy atom. The van der Waals surface area contributed by atoms with Crippen LogP contribution in [0.15, 0.2) is 47.9 Å². The Balaban J connectivity index is 2.19. The lowest BCUT2D eigenvalue weighted by Gasteiger charge is -2.23. The summed E-state index contributed by atoms with van der Waals surface area (Å²) in [6, 6.07) is 9.00. The minimum absolute atomic E-state index is 0.0371. The molecule has 1 aromatic heterocycles. The second-order valence-electron chi connectivity index (χ2n) is 5.86. The van der Waals surface area contributed by atoms with Crippen LogP contribution in [-0.2, 0) is 10.0 Å². The van der Waals surface area contributed by atoms with Crippen molar-refractivity contribution in [1.29, 1.82) is 0 Å². The maximum Gasteiger partial charge on any atom is 0.259 e. The van der Waals surface area contributed by atoms with Crippen LogP contribution in [0.25, 0.3) is 0 Å². The SMILES string of the molecule is CC(C)n1cnc(S(=O)(=O)N[C@@H](CO)[C@H](C)c2ccccc2)c1. The maximum absolute atomic E-state index is 12.5. The molecule has 2 rings (SSSR count). The van der Waals surface area contributed by atoms with Crippen molar-refractivity contribution in [2.45, 2.75) is 43.8 Å². The van der Waals surface area contributed by atoms with E-state index in [0.717, 1.165) is 5.56 Å². The molecule has 0 aliphatic carbocycles. The molecule has 126 valence electrons. The van der Waals surface area contributed by atoms with E-state index >= 15 is 0 Å². The number of benzene rings is 1. The Kier molecular flexibility index (Phi) is 5.56. The number of sulfonamides is 1. The third-order valence-corrected chi connectivity index (χ3v) is 5.26. The molecule has 0 fully saturated rings. The highest BCUT2D eigenvalue weighted by Crippen LogP contribution is 2.20. The van der Waals surface area contributed by atoms with E-state index in [1.165, 1.54) is 12.5 Å². The summed E-state index contributed by atoms with van der Waals surface area (Å²) >= 11 is 0. The topological polar surface area (TPSA) is 84.2 Å². The van der Waals surface area contributed by atoms with Crippen LogP contribution >= 0.6 is 0 Å². The largest absolute Gasteiger partial charge is 0.395 e. The van der Waals surface area contributed by atoms with Gasteiger partial charge in [-0.3, -0.25) is 0 Å². The number of hydrogen-bond acceptors (Lipinski definition) is 4. The lowest BCUT2D eigenvalue weighted by atomic mass is 9.94. The molecule has 2 atom stereocenters. The molecule has 0 saturated heterocycles. The van der Waals surface area contributed by atoms with Gasteiger partial charge in [-0.15, -0.1) is 0 Å². The molecule has 1 aromatic carbocycles. The number of aliphatic hydroxyl groups excluding tert-OH is 1. The van der Waals surface area contributed by atoms with E-state index in [9.17, 15) is 13.5 Å². The van der Waals surface area contributed by atoms with Gasteiger partial charge in [-0.25, -0.2) is 18.1 Å². The van der Waals surface area contributed by atoms with E-state index in [0.29, 0.717) is 0 Å². The zero-order chi connectivity index (χ0) is 17.0. The Labute approximate surface area is 137 Å². The standard InChI is InChI=1S/C16H23N3O3S/c1-12(2)19-9-16(17-11-19)23(21,22)18-15(10-20)13(3)14-7-5-4-6-8-14/h4-9,11-13,15,18,20H,10H2,1-3H3/t13-,15+/m1/s1. The van der Waals surface area contributed by atoms with Crippen LogP contribution in [0.3, 0.4) is 0 Å². The number of aromatic nitrogens is 2. The molecule has 0 saturated carbocycles. The predicted octanol–water partition coefficient (Wildman–Crippen LogP) is 1.91. The lowest BCUT2D eigenvalue weighted by molar-refractivity contribution is 0.242. The first-order valence-corrected chi connectivity index (χ1v) is 9.05. The second kappa shape index (κ2) is 7.25. The van der Waals surface area contributed by atoms with Crippen molar-refractivity contribution in [3.63, 3.8) is 0 Å². The van der Waals surface area contributed by atoms with E-state index in [4.69, 9.17) is 0 Å². The summed E-state index contributed by atoms with van der Waals surface area (Å²) in [6.07, 6.45) is 2.99. The van der Waals surface area contributed by atoms with Gasteiger partial charge in [0.25, 0.3) is 10.0 Å². The van der Waals surface area contributed by atoms with Crippen molar-refractivity contribution < 1.29 is 13.5 Å². The summed E-state index contributed by atoms with van der Waals surface area (Å²) in [6.45, 7) is 5.48. The summed E-state index contributed by atoms with van der Waals surface area (Å²) in [4.78, 5) is 3.96. The molecule has 0 amide bonds. The molecule has 2 aromatic rings. The molecule has 0 aliphatic heterocycles. The summed E-state index contributed by atoms with van der Waals surface area (Å²) < 4.78 is 29.2. The average Bonchev–Trinajstić information content (AvgIpc) is 3.04. The first kappa shape index (κ1) is 17.7. The number of nitrogens with one attached hydrogen (secondary N) is 1. The fourth-order valence-electron chi connectivity index (χ4n) is 2.28. The highest BCUT2D eigenvalue weighted by Gasteiger charge is 2.26. The quantitative estimate of drug-likeness (QED) is 0.808. The molecule has 0 spiro atoms. The van der Waals surface area contributed by atoms with Crippen molar-refractivity contribution in [1.82, 2.24) is 14.3 Å². The van der Waals surface area contributed by atoms with Crippen LogP contribution in [0.2, 0.25) is 0 Å². The van der Waals surface area contributed by atoms with Crippen molar-refractivity contribution >= 4 is 10.0 Å². The molecule has 0 bridgehead atoms. The van der Waals surface area contributed by atoms with Gasteiger partial charge >= 0.3 is 0 Å². The normalized spacial score (nSPS) is 14.8. The van der Waals surface area contributed by atoms with Crippen molar-refractivity contribution in [2.75, 3.05) is 6.61 Å². The van der Waals surface area contributed by atoms with E-state index in [1.807, 2.05) is 51.1 Å². The van der Waals surface area contributed by atoms with E-state index < -0.39 is 16.1 Å². The van der Waals surface area contributed by atoms with Crippen LogP contribution in [0.5, 0.6) is 0 Å². The summed E-state index contributed by atoms with van der Waals surface area (Å²) in [5.41, 5.74) is 0.960. The van der Waals surface area contributed by atoms with Crippen molar-refractivity contribution in [3.8, 4) is 0 Å². The zero-order valence-corrected chi connectivity index (χ0v) is 14.4. The van der Waals surface area contributed by atoms with Crippen LogP contribution in [0.4, 0.5) is 0 Å². The molecule has 0 aliphatic rings. The fraction of sp³-hybridized carbons (Fsp3) is 0.438. The predicted molar refractivity (Wildman–Crippen MR) is 88.7 cm³/mol. The van der Waals surface area contributed by atoms with Crippen molar-refractivity contribution in [2.24, 2.45) is 0 Å². The highest BCUT2D eigenvalue weighted by atomic mass is 32.2. The average molecular weight is 337 g/mol. The van der Waals surface area contributed by atoms with Gasteiger partial charge in [0, 0.05) is 12.2 Å². The van der Waals surface area contributed by atoms with E-state index in [-0.39, 0.29) is 23.6 Å². The van der Waals surface area contributed by atoms with Gasteiger partial charge < -0.3 is 9.67 Å². The minimum Gasteiger partial charge on any atom is -0.395 e. The van der Waals surface area contributed by atoms with E-state index in [2.05, 4.69) is 9.71 Å². The Morgan fingerprint density at radius 3 is 2.39 bits per heavy atom. The minimum atomic E-state index is -3.78. The molecular formula is C16H23N3O3S. The Hall–Kier alpha value is -1.70. The van der Waals surface area contributed by atoms with Crippen LogP contribution in [-0.4, -0.2) is 35.7 Å². The molecule has 6 nitrogen and oxygen atoms in total. The second-order valence-corrected chi connectivity index (χ2v) is 7.52. The summed E-state index contributed by atoms with van der Waals surface area (Å²) in [5, 5.41) is 9.57. The van der Waals surface area contributed by atoms with E-state index in [1.54, 1.807) is 4.57 Å². The highest BCUT2D eigenvalue weighted by molar-refractivity contribution is 7.89. The fourth-order valence-corrected chi connectivity index (χ4v) is 3.53. The van der Waals surface area contributed by atoms with Gasteiger partial charge in [0.2, 0.25) is 0 Å². The zero-order valence-electron chi connectivity index (χ0n) is 13.5. The first-order chi connectivity index (χ1) is 10.8. The molecule has 23 heavy (non-hydrogen) atoms. The van der Waals surface area contributed by atoms with Gasteiger partial charge in [0.1, 0.15) is 0 Å². The van der Waals surface area contributed by atoms with Gasteiger partial charge in [-0.1, -0.05) is 37.3 Å². The molecule has 7 heteroatoms. The number of aliphatic hydroxyl groups is 1. The van der Waals surface area contributed by atoms with Gasteiger partial charge in [-0.05, 0) is 25.3 Å². The van der Waals surface area contributed by atoms with Crippen molar-refractivity contribution in [3.05, 3.63) is 48.4 Å². The first-order valence-electron chi connectivity index (χ1n) is 7.56. The van der Waals surface area contributed by atoms with Gasteiger partial charge in [0.15, 0.2) is 5.03 Å². The number of nitrogens with zero attached hydrogens (tertiary/aromatic N) is 2. The number of imidazole rings is 1. The van der Waals surface area contributed by atoms with Crippen LogP contribution in [0.1, 0.15) is 38.3 Å². The summed E-state index contributed by atoms with van der Waals surface area (Å²) in [7, 11) is -3.78. The third kappa shape index (κ3) is 4.19. The third-order valence-electron chi connectivity index (χ3n) is 3.88. The van der Waals surface area contributed by atoms with Crippen LogP contribution in [0, 0.1) is 0 Å². The maximum atomic E-state index is 12.5. The smallest absolute Gasteiger partial charge is 0.259 e. The monoisotopic (exact) mass is 337 g/mol. The number of hydrogen-bond donors (Lipinski definition) is 2.